The summed E-state index contributed by atoms with van der Waals surface area (Å²) in [5.41, 5.74) is 8.71. The second-order valence-electron chi connectivity index (χ2n) is 8.98. The molecule has 33 heavy (non-hydrogen) atoms. The highest BCUT2D eigenvalue weighted by Crippen LogP contribution is 2.25. The number of hydrogen-bond donors (Lipinski definition) is 1. The first kappa shape index (κ1) is 26.2. The second kappa shape index (κ2) is 13.5. The van der Waals surface area contributed by atoms with Gasteiger partial charge in [0.2, 0.25) is 0 Å². The summed E-state index contributed by atoms with van der Waals surface area (Å²) in [7, 11) is 0. The minimum Gasteiger partial charge on any atom is -0.458 e. The van der Waals surface area contributed by atoms with E-state index in [1.165, 1.54) is 27.8 Å². The molecule has 0 heterocycles. The van der Waals surface area contributed by atoms with Crippen LogP contribution in [0.1, 0.15) is 74.9 Å². The number of carbonyl (C=O) groups excluding carboxylic acids is 1. The van der Waals surface area contributed by atoms with Gasteiger partial charge in [-0.15, -0.1) is 0 Å². The van der Waals surface area contributed by atoms with Crippen LogP contribution in [0, 0.1) is 13.8 Å². The van der Waals surface area contributed by atoms with Gasteiger partial charge in [-0.1, -0.05) is 53.1 Å². The van der Waals surface area contributed by atoms with E-state index < -0.39 is 0 Å². The van der Waals surface area contributed by atoms with E-state index in [0.29, 0.717) is 5.56 Å². The summed E-state index contributed by atoms with van der Waals surface area (Å²) >= 11 is 0. The molecule has 0 radical (unpaired) electrons. The summed E-state index contributed by atoms with van der Waals surface area (Å²) in [6.07, 6.45) is 10.8. The van der Waals surface area contributed by atoms with E-state index in [-0.39, 0.29) is 12.6 Å². The van der Waals surface area contributed by atoms with Crippen molar-refractivity contribution in [3.63, 3.8) is 0 Å². The standard InChI is InChI=1S/C30H39NO2/c1-22(2)12-9-13-23(3)14-10-15-24(4)20-21-33-30(32)27-17-7-8-18-29(27)31-28-19-11-16-25(5)26(28)6/h7-8,11-12,14,16-20,31H,9-10,13,15,21H2,1-6H3. The Labute approximate surface area is 200 Å². The lowest BCUT2D eigenvalue weighted by molar-refractivity contribution is 0.0550. The maximum atomic E-state index is 12.7. The number of esters is 1. The van der Waals surface area contributed by atoms with Gasteiger partial charge in [0.25, 0.3) is 0 Å². The van der Waals surface area contributed by atoms with Gasteiger partial charge in [-0.3, -0.25) is 0 Å². The van der Waals surface area contributed by atoms with Crippen LogP contribution in [0.25, 0.3) is 0 Å². The summed E-state index contributed by atoms with van der Waals surface area (Å²) in [6, 6.07) is 13.6. The van der Waals surface area contributed by atoms with Gasteiger partial charge in [-0.25, -0.2) is 4.79 Å². The zero-order valence-electron chi connectivity index (χ0n) is 21.1. The molecule has 0 unspecified atom stereocenters. The minimum atomic E-state index is -0.317. The van der Waals surface area contributed by atoms with Crippen molar-refractivity contribution in [2.45, 2.75) is 67.2 Å². The van der Waals surface area contributed by atoms with Crippen LogP contribution in [0.4, 0.5) is 11.4 Å². The highest BCUT2D eigenvalue weighted by molar-refractivity contribution is 5.96. The number of carbonyl (C=O) groups is 1. The van der Waals surface area contributed by atoms with Gasteiger partial charge < -0.3 is 10.1 Å². The van der Waals surface area contributed by atoms with Gasteiger partial charge in [0.1, 0.15) is 6.61 Å². The SMILES string of the molecule is CC(C)=CCCC(C)=CCCC(C)=CCOC(=O)c1ccccc1Nc1cccc(C)c1C. The third kappa shape index (κ3) is 9.13. The van der Waals surface area contributed by atoms with E-state index in [4.69, 9.17) is 4.74 Å². The molecule has 0 aliphatic rings. The molecular formula is C30H39NO2. The predicted octanol–water partition coefficient (Wildman–Crippen LogP) is 8.62. The number of benzene rings is 2. The first-order valence-electron chi connectivity index (χ1n) is 11.8. The largest absolute Gasteiger partial charge is 0.458 e. The smallest absolute Gasteiger partial charge is 0.340 e. The Morgan fingerprint density at radius 1 is 0.818 bits per heavy atom. The number of hydrogen-bond acceptors (Lipinski definition) is 3. The molecule has 0 saturated carbocycles. The Morgan fingerprint density at radius 3 is 2.18 bits per heavy atom. The van der Waals surface area contributed by atoms with Crippen molar-refractivity contribution in [2.24, 2.45) is 0 Å². The molecule has 2 rings (SSSR count). The number of ether oxygens (including phenoxy) is 1. The van der Waals surface area contributed by atoms with Gasteiger partial charge in [-0.2, -0.15) is 0 Å². The van der Waals surface area contributed by atoms with Crippen molar-refractivity contribution in [3.05, 3.63) is 94.1 Å². The fourth-order valence-electron chi connectivity index (χ4n) is 3.48. The van der Waals surface area contributed by atoms with Crippen LogP contribution < -0.4 is 5.32 Å². The number of allylic oxidation sites excluding steroid dienone is 5. The molecule has 2 aromatic rings. The Bertz CT molecular complexity index is 1020. The van der Waals surface area contributed by atoms with Gasteiger partial charge in [0, 0.05) is 5.69 Å². The first-order chi connectivity index (χ1) is 15.8. The van der Waals surface area contributed by atoms with Crippen molar-refractivity contribution in [1.29, 1.82) is 0 Å². The van der Waals surface area contributed by atoms with Crippen molar-refractivity contribution in [2.75, 3.05) is 11.9 Å². The number of nitrogens with one attached hydrogen (secondary N) is 1. The van der Waals surface area contributed by atoms with Crippen molar-refractivity contribution in [3.8, 4) is 0 Å². The predicted molar refractivity (Wildman–Crippen MR) is 141 cm³/mol. The quantitative estimate of drug-likeness (QED) is 0.278. The van der Waals surface area contributed by atoms with Crippen molar-refractivity contribution in [1.82, 2.24) is 0 Å². The molecule has 0 aliphatic heterocycles. The fraction of sp³-hybridized carbons (Fsp3) is 0.367. The molecule has 0 aromatic heterocycles. The highest BCUT2D eigenvalue weighted by atomic mass is 16.5. The molecule has 2 aromatic carbocycles. The molecule has 1 N–H and O–H groups in total. The van der Waals surface area contributed by atoms with Crippen LogP contribution in [-0.4, -0.2) is 12.6 Å². The van der Waals surface area contributed by atoms with E-state index in [1.807, 2.05) is 36.4 Å². The second-order valence-corrected chi connectivity index (χ2v) is 8.98. The summed E-state index contributed by atoms with van der Waals surface area (Å²) < 4.78 is 5.56. The lowest BCUT2D eigenvalue weighted by Gasteiger charge is -2.14. The van der Waals surface area contributed by atoms with Gasteiger partial charge >= 0.3 is 5.97 Å². The molecule has 176 valence electrons. The van der Waals surface area contributed by atoms with Crippen molar-refractivity contribution < 1.29 is 9.53 Å². The molecule has 0 fully saturated rings. The minimum absolute atomic E-state index is 0.283. The van der Waals surface area contributed by atoms with Crippen LogP contribution in [-0.2, 0) is 4.74 Å². The molecular weight excluding hydrogens is 406 g/mol. The van der Waals surface area contributed by atoms with E-state index in [2.05, 4.69) is 65.1 Å². The topological polar surface area (TPSA) is 38.3 Å². The van der Waals surface area contributed by atoms with Crippen molar-refractivity contribution >= 4 is 17.3 Å². The van der Waals surface area contributed by atoms with Crippen LogP contribution >= 0.6 is 0 Å². The Balaban J connectivity index is 1.88. The monoisotopic (exact) mass is 445 g/mol. The average Bonchev–Trinajstić information content (AvgIpc) is 2.77. The third-order valence-electron chi connectivity index (χ3n) is 5.79. The van der Waals surface area contributed by atoms with Gasteiger partial charge in [-0.05, 0) is 103 Å². The summed E-state index contributed by atoms with van der Waals surface area (Å²) in [5, 5.41) is 3.39. The summed E-state index contributed by atoms with van der Waals surface area (Å²) in [6.45, 7) is 13.0. The van der Waals surface area contributed by atoms with Gasteiger partial charge in [0.15, 0.2) is 0 Å². The molecule has 0 spiro atoms. The molecule has 0 atom stereocenters. The zero-order chi connectivity index (χ0) is 24.2. The van der Waals surface area contributed by atoms with E-state index in [1.54, 1.807) is 6.07 Å². The maximum Gasteiger partial charge on any atom is 0.340 e. The number of anilines is 2. The van der Waals surface area contributed by atoms with Gasteiger partial charge in [0.05, 0.1) is 11.3 Å². The summed E-state index contributed by atoms with van der Waals surface area (Å²) in [4.78, 5) is 12.7. The molecule has 0 amide bonds. The lowest BCUT2D eigenvalue weighted by Crippen LogP contribution is -2.09. The molecule has 0 aliphatic carbocycles. The Morgan fingerprint density at radius 2 is 1.45 bits per heavy atom. The first-order valence-corrected chi connectivity index (χ1v) is 11.8. The molecule has 0 bridgehead atoms. The van der Waals surface area contributed by atoms with Crippen LogP contribution in [0.2, 0.25) is 0 Å². The normalized spacial score (nSPS) is 11.8. The van der Waals surface area contributed by atoms with Crippen LogP contribution in [0.5, 0.6) is 0 Å². The van der Waals surface area contributed by atoms with E-state index in [9.17, 15) is 4.79 Å². The third-order valence-corrected chi connectivity index (χ3v) is 5.79. The highest BCUT2D eigenvalue weighted by Gasteiger charge is 2.13. The lowest BCUT2D eigenvalue weighted by atomic mass is 10.1. The molecule has 0 saturated heterocycles. The Kier molecular flexibility index (Phi) is 10.7. The van der Waals surface area contributed by atoms with Crippen LogP contribution in [0.3, 0.4) is 0 Å². The van der Waals surface area contributed by atoms with Crippen LogP contribution in [0.15, 0.2) is 77.4 Å². The maximum absolute atomic E-state index is 12.7. The number of aryl methyl sites for hydroxylation is 1. The van der Waals surface area contributed by atoms with E-state index >= 15 is 0 Å². The molecule has 3 nitrogen and oxygen atoms in total. The molecule has 3 heteroatoms. The fourth-order valence-corrected chi connectivity index (χ4v) is 3.48. The Hall–Kier alpha value is -3.07. The number of para-hydroxylation sites is 1. The number of rotatable bonds is 11. The van der Waals surface area contributed by atoms with E-state index in [0.717, 1.165) is 37.1 Å². The average molecular weight is 446 g/mol. The zero-order valence-corrected chi connectivity index (χ0v) is 21.1. The summed E-state index contributed by atoms with van der Waals surface area (Å²) in [5.74, 6) is -0.317.